The number of halogens is 1. The van der Waals surface area contributed by atoms with E-state index in [2.05, 4.69) is 56.4 Å². The number of phenolic OH excluding ortho intramolecular Hbond substituents is 1. The summed E-state index contributed by atoms with van der Waals surface area (Å²) in [5, 5.41) is 12.6. The van der Waals surface area contributed by atoms with E-state index >= 15 is 4.39 Å². The number of fused-ring (bicyclic) bond motifs is 2. The minimum Gasteiger partial charge on any atom is -0.508 e. The number of nitrogens with one attached hydrogen (secondary N) is 1. The molecule has 4 aromatic rings. The van der Waals surface area contributed by atoms with Crippen LogP contribution < -0.4 is 15.1 Å². The molecule has 3 atom stereocenters. The monoisotopic (exact) mass is 741 g/mol. The van der Waals surface area contributed by atoms with Crippen LogP contribution in [-0.4, -0.2) is 84.5 Å². The van der Waals surface area contributed by atoms with Crippen molar-refractivity contribution in [3.8, 4) is 5.75 Å². The van der Waals surface area contributed by atoms with Gasteiger partial charge in [0.2, 0.25) is 11.8 Å². The van der Waals surface area contributed by atoms with E-state index < -0.39 is 6.04 Å². The Balaban J connectivity index is 0.795. The maximum Gasteiger partial charge on any atom is 0.255 e. The van der Waals surface area contributed by atoms with Crippen molar-refractivity contribution in [2.24, 2.45) is 5.92 Å². The molecule has 9 nitrogen and oxygen atoms in total. The molecule has 4 heterocycles. The number of nitrogens with zero attached hydrogens (tertiary/aromatic N) is 4. The summed E-state index contributed by atoms with van der Waals surface area (Å²) in [5.41, 5.74) is 7.93. The van der Waals surface area contributed by atoms with E-state index in [1.54, 1.807) is 17.0 Å². The number of rotatable bonds is 7. The minimum absolute atomic E-state index is 0.0174. The highest BCUT2D eigenvalue weighted by Gasteiger charge is 2.39. The standard InChI is InChI=1S/C45H48FN5O4/c46-39-26-32(43-36(30-4-2-1-3-5-30)10-6-31-25-35(52)9-12-37(31)43)7-13-40(39)50-18-16-29(17-19-50)27-48-20-22-49(23-21-48)34-8-11-38-33(24-34)28-51(45(38)55)41-14-15-42(53)47-44(41)54/h1-5,7-9,11-13,24-26,29,36,41,43,52H,6,10,14-23,27-28H2,(H,47,53,54). The van der Waals surface area contributed by atoms with Crippen molar-refractivity contribution in [1.82, 2.24) is 15.1 Å². The number of carbonyl (C=O) groups excluding carboxylic acids is 3. The lowest BCUT2D eigenvalue weighted by molar-refractivity contribution is -0.136. The second kappa shape index (κ2) is 14.8. The molecule has 4 aromatic carbocycles. The maximum atomic E-state index is 16.1. The molecule has 9 rings (SSSR count). The van der Waals surface area contributed by atoms with Crippen molar-refractivity contribution in [3.63, 3.8) is 0 Å². The summed E-state index contributed by atoms with van der Waals surface area (Å²) in [6.07, 6.45) is 4.50. The van der Waals surface area contributed by atoms with Crippen molar-refractivity contribution in [1.29, 1.82) is 0 Å². The van der Waals surface area contributed by atoms with Gasteiger partial charge in [0.1, 0.15) is 17.6 Å². The lowest BCUT2D eigenvalue weighted by Crippen LogP contribution is -2.52. The first-order valence-electron chi connectivity index (χ1n) is 19.9. The predicted octanol–water partition coefficient (Wildman–Crippen LogP) is 6.19. The van der Waals surface area contributed by atoms with Crippen LogP contribution in [0.1, 0.15) is 82.1 Å². The van der Waals surface area contributed by atoms with Gasteiger partial charge < -0.3 is 19.8 Å². The van der Waals surface area contributed by atoms with Crippen LogP contribution in [0, 0.1) is 11.7 Å². The van der Waals surface area contributed by atoms with Crippen molar-refractivity contribution >= 4 is 29.1 Å². The molecule has 4 aliphatic heterocycles. The zero-order valence-corrected chi connectivity index (χ0v) is 31.1. The van der Waals surface area contributed by atoms with E-state index in [0.717, 1.165) is 93.9 Å². The average Bonchev–Trinajstić information content (AvgIpc) is 3.53. The van der Waals surface area contributed by atoms with Gasteiger partial charge in [-0.15, -0.1) is 0 Å². The molecule has 0 spiro atoms. The van der Waals surface area contributed by atoms with Gasteiger partial charge in [-0.3, -0.25) is 24.6 Å². The molecule has 3 unspecified atom stereocenters. The SMILES string of the molecule is O=C1CCC(N2Cc3cc(N4CCN(CC5CCN(c6ccc(C7c8ccc(O)cc8CCC7c7ccccc7)cc6F)CC5)CC4)ccc3C2=O)C(=O)N1. The number of piperidine rings is 2. The molecule has 3 fully saturated rings. The van der Waals surface area contributed by atoms with Crippen molar-refractivity contribution in [2.45, 2.75) is 62.9 Å². The van der Waals surface area contributed by atoms with Crippen LogP contribution in [-0.2, 0) is 22.6 Å². The van der Waals surface area contributed by atoms with E-state index in [1.165, 1.54) is 11.1 Å². The van der Waals surface area contributed by atoms with Crippen LogP contribution >= 0.6 is 0 Å². The Morgan fingerprint density at radius 2 is 1.53 bits per heavy atom. The number of piperazine rings is 1. The van der Waals surface area contributed by atoms with Gasteiger partial charge in [0.25, 0.3) is 5.91 Å². The average molecular weight is 742 g/mol. The Labute approximate surface area is 321 Å². The van der Waals surface area contributed by atoms with Crippen LogP contribution in [0.3, 0.4) is 0 Å². The zero-order valence-electron chi connectivity index (χ0n) is 31.1. The molecule has 284 valence electrons. The number of aromatic hydroxyl groups is 1. The Kier molecular flexibility index (Phi) is 9.54. The normalized spacial score (nSPS) is 23.5. The summed E-state index contributed by atoms with van der Waals surface area (Å²) < 4.78 is 16.1. The number of hydrogen-bond acceptors (Lipinski definition) is 7. The summed E-state index contributed by atoms with van der Waals surface area (Å²) in [6.45, 7) is 6.82. The van der Waals surface area contributed by atoms with E-state index in [4.69, 9.17) is 0 Å². The number of phenols is 1. The molecule has 3 saturated heterocycles. The Morgan fingerprint density at radius 3 is 2.29 bits per heavy atom. The second-order valence-corrected chi connectivity index (χ2v) is 16.1. The highest BCUT2D eigenvalue weighted by atomic mass is 19.1. The fraction of sp³-hybridized carbons (Fsp3) is 0.400. The lowest BCUT2D eigenvalue weighted by atomic mass is 9.69. The summed E-state index contributed by atoms with van der Waals surface area (Å²) in [7, 11) is 0. The lowest BCUT2D eigenvalue weighted by Gasteiger charge is -2.40. The second-order valence-electron chi connectivity index (χ2n) is 16.1. The molecular formula is C45H48FN5O4. The third-order valence-electron chi connectivity index (χ3n) is 12.9. The quantitative estimate of drug-likeness (QED) is 0.218. The molecule has 0 aromatic heterocycles. The highest BCUT2D eigenvalue weighted by molar-refractivity contribution is 6.05. The predicted molar refractivity (Wildman–Crippen MR) is 210 cm³/mol. The van der Waals surface area contributed by atoms with Crippen LogP contribution in [0.25, 0.3) is 0 Å². The molecule has 0 bridgehead atoms. The smallest absolute Gasteiger partial charge is 0.255 e. The topological polar surface area (TPSA) is 96.4 Å². The molecule has 0 saturated carbocycles. The fourth-order valence-electron chi connectivity index (χ4n) is 9.92. The first kappa shape index (κ1) is 35.5. The van der Waals surface area contributed by atoms with Gasteiger partial charge in [0.15, 0.2) is 0 Å². The largest absolute Gasteiger partial charge is 0.508 e. The zero-order chi connectivity index (χ0) is 37.6. The molecule has 5 aliphatic rings. The molecule has 1 aliphatic carbocycles. The summed E-state index contributed by atoms with van der Waals surface area (Å²) >= 11 is 0. The van der Waals surface area contributed by atoms with Gasteiger partial charge in [0.05, 0.1) is 5.69 Å². The minimum atomic E-state index is -0.605. The third-order valence-corrected chi connectivity index (χ3v) is 12.9. The molecular weight excluding hydrogens is 694 g/mol. The van der Waals surface area contributed by atoms with Crippen molar-refractivity contribution in [3.05, 3.63) is 124 Å². The first-order valence-corrected chi connectivity index (χ1v) is 19.9. The van der Waals surface area contributed by atoms with Crippen LogP contribution in [0.4, 0.5) is 15.8 Å². The van der Waals surface area contributed by atoms with Crippen LogP contribution in [0.15, 0.2) is 84.9 Å². The Hall–Kier alpha value is -5.22. The summed E-state index contributed by atoms with van der Waals surface area (Å²) in [6, 6.07) is 27.5. The van der Waals surface area contributed by atoms with E-state index in [-0.39, 0.29) is 47.5 Å². The first-order chi connectivity index (χ1) is 26.8. The van der Waals surface area contributed by atoms with E-state index in [0.29, 0.717) is 30.1 Å². The number of aryl methyl sites for hydroxylation is 1. The third kappa shape index (κ3) is 6.97. The molecule has 2 N–H and O–H groups in total. The number of amides is 3. The number of anilines is 2. The van der Waals surface area contributed by atoms with Gasteiger partial charge in [-0.25, -0.2) is 4.39 Å². The summed E-state index contributed by atoms with van der Waals surface area (Å²) in [5.74, 6) is 0.125. The van der Waals surface area contributed by atoms with Gasteiger partial charge in [-0.05, 0) is 114 Å². The highest BCUT2D eigenvalue weighted by Crippen LogP contribution is 2.47. The van der Waals surface area contributed by atoms with Gasteiger partial charge in [-0.1, -0.05) is 42.5 Å². The van der Waals surface area contributed by atoms with Crippen LogP contribution in [0.2, 0.25) is 0 Å². The van der Waals surface area contributed by atoms with Gasteiger partial charge in [-0.2, -0.15) is 0 Å². The maximum absolute atomic E-state index is 16.1. The van der Waals surface area contributed by atoms with Crippen molar-refractivity contribution in [2.75, 3.05) is 55.6 Å². The molecule has 0 radical (unpaired) electrons. The molecule has 3 amide bonds. The number of hydrogen-bond donors (Lipinski definition) is 2. The van der Waals surface area contributed by atoms with Gasteiger partial charge >= 0.3 is 0 Å². The molecule has 55 heavy (non-hydrogen) atoms. The number of imide groups is 1. The Morgan fingerprint density at radius 1 is 0.727 bits per heavy atom. The van der Waals surface area contributed by atoms with Crippen LogP contribution in [0.5, 0.6) is 5.75 Å². The van der Waals surface area contributed by atoms with Crippen molar-refractivity contribution < 1.29 is 23.9 Å². The number of benzene rings is 4. The molecule has 10 heteroatoms. The fourth-order valence-corrected chi connectivity index (χ4v) is 9.92. The Bertz CT molecular complexity index is 2110. The van der Waals surface area contributed by atoms with Gasteiger partial charge in [0, 0.05) is 75.9 Å². The summed E-state index contributed by atoms with van der Waals surface area (Å²) in [4.78, 5) is 46.0. The number of carbonyl (C=O) groups is 3. The van der Waals surface area contributed by atoms with E-state index in [9.17, 15) is 19.5 Å². The van der Waals surface area contributed by atoms with E-state index in [1.807, 2.05) is 36.4 Å².